The van der Waals surface area contributed by atoms with Gasteiger partial charge in [0, 0.05) is 12.1 Å². The summed E-state index contributed by atoms with van der Waals surface area (Å²) < 4.78 is 0. The fourth-order valence-electron chi connectivity index (χ4n) is 2.98. The van der Waals surface area contributed by atoms with Crippen LogP contribution in [0, 0.1) is 11.3 Å². The van der Waals surface area contributed by atoms with Crippen LogP contribution in [0.15, 0.2) is 0 Å². The van der Waals surface area contributed by atoms with E-state index in [1.165, 1.54) is 32.2 Å². The van der Waals surface area contributed by atoms with Crippen LogP contribution in [-0.2, 0) is 0 Å². The van der Waals surface area contributed by atoms with Crippen LogP contribution in [0.5, 0.6) is 0 Å². The topological polar surface area (TPSA) is 15.3 Å². The number of likely N-dealkylation sites (N-methyl/N-ethyl adjacent to an activating group) is 2. The zero-order valence-corrected chi connectivity index (χ0v) is 12.7. The first-order chi connectivity index (χ1) is 7.85. The van der Waals surface area contributed by atoms with Crippen LogP contribution < -0.4 is 5.32 Å². The Kier molecular flexibility index (Phi) is 5.46. The number of rotatable bonds is 5. The molecule has 2 heteroatoms. The van der Waals surface area contributed by atoms with Gasteiger partial charge < -0.3 is 10.2 Å². The molecular formula is C15H32N2. The lowest BCUT2D eigenvalue weighted by molar-refractivity contribution is 0.0820. The zero-order valence-electron chi connectivity index (χ0n) is 12.7. The molecule has 1 N–H and O–H groups in total. The number of hydrogen-bond acceptors (Lipinski definition) is 2. The summed E-state index contributed by atoms with van der Waals surface area (Å²) in [6.07, 6.45) is 5.31. The standard InChI is InChI=1S/C15H32N2/c1-12(2)8-10-17(6)14-11-15(3,4)9-7-13(14)16-5/h12-14,16H,7-11H2,1-6H3. The SMILES string of the molecule is CNC1CCC(C)(C)CC1N(C)CCC(C)C. The Bertz CT molecular complexity index is 223. The van der Waals surface area contributed by atoms with Crippen molar-refractivity contribution in [1.82, 2.24) is 10.2 Å². The largest absolute Gasteiger partial charge is 0.315 e. The van der Waals surface area contributed by atoms with Gasteiger partial charge in [-0.15, -0.1) is 0 Å². The van der Waals surface area contributed by atoms with Crippen molar-refractivity contribution in [3.05, 3.63) is 0 Å². The third-order valence-corrected chi connectivity index (χ3v) is 4.35. The highest BCUT2D eigenvalue weighted by atomic mass is 15.2. The third kappa shape index (κ3) is 4.59. The monoisotopic (exact) mass is 240 g/mol. The third-order valence-electron chi connectivity index (χ3n) is 4.35. The number of hydrogen-bond donors (Lipinski definition) is 1. The van der Waals surface area contributed by atoms with Crippen molar-refractivity contribution in [1.29, 1.82) is 0 Å². The van der Waals surface area contributed by atoms with Crippen LogP contribution in [0.1, 0.15) is 53.4 Å². The van der Waals surface area contributed by atoms with Gasteiger partial charge in [-0.05, 0) is 57.7 Å². The van der Waals surface area contributed by atoms with Crippen LogP contribution in [0.25, 0.3) is 0 Å². The van der Waals surface area contributed by atoms with E-state index in [4.69, 9.17) is 0 Å². The van der Waals surface area contributed by atoms with Gasteiger partial charge in [0.25, 0.3) is 0 Å². The summed E-state index contributed by atoms with van der Waals surface area (Å²) in [5, 5.41) is 3.52. The summed E-state index contributed by atoms with van der Waals surface area (Å²) in [6, 6.07) is 1.39. The molecule has 0 aromatic rings. The minimum atomic E-state index is 0.518. The van der Waals surface area contributed by atoms with Crippen molar-refractivity contribution in [2.45, 2.75) is 65.5 Å². The molecule has 1 saturated carbocycles. The Balaban J connectivity index is 2.56. The van der Waals surface area contributed by atoms with E-state index in [1.807, 2.05) is 0 Å². The molecule has 0 aromatic heterocycles. The highest BCUT2D eigenvalue weighted by Gasteiger charge is 2.35. The lowest BCUT2D eigenvalue weighted by Gasteiger charge is -2.45. The van der Waals surface area contributed by atoms with Crippen molar-refractivity contribution >= 4 is 0 Å². The van der Waals surface area contributed by atoms with Crippen molar-refractivity contribution in [2.24, 2.45) is 11.3 Å². The second-order valence-corrected chi connectivity index (χ2v) is 7.03. The molecule has 0 saturated heterocycles. The summed E-state index contributed by atoms with van der Waals surface area (Å²) in [6.45, 7) is 10.7. The highest BCUT2D eigenvalue weighted by molar-refractivity contribution is 4.93. The molecule has 0 radical (unpaired) electrons. The molecule has 0 aliphatic heterocycles. The fourth-order valence-corrected chi connectivity index (χ4v) is 2.98. The Morgan fingerprint density at radius 3 is 2.53 bits per heavy atom. The number of nitrogens with one attached hydrogen (secondary N) is 1. The summed E-state index contributed by atoms with van der Waals surface area (Å²) in [7, 11) is 4.42. The van der Waals surface area contributed by atoms with Gasteiger partial charge in [-0.1, -0.05) is 27.7 Å². The average Bonchev–Trinajstić information content (AvgIpc) is 2.24. The Morgan fingerprint density at radius 2 is 2.00 bits per heavy atom. The van der Waals surface area contributed by atoms with Crippen LogP contribution in [0.3, 0.4) is 0 Å². The zero-order chi connectivity index (χ0) is 13.1. The smallest absolute Gasteiger partial charge is 0.0251 e. The molecular weight excluding hydrogens is 208 g/mol. The summed E-state index contributed by atoms with van der Waals surface area (Å²) in [5.74, 6) is 0.807. The minimum Gasteiger partial charge on any atom is -0.315 e. The van der Waals surface area contributed by atoms with Crippen LogP contribution in [0.4, 0.5) is 0 Å². The predicted molar refractivity (Wildman–Crippen MR) is 76.4 cm³/mol. The average molecular weight is 240 g/mol. The second kappa shape index (κ2) is 6.19. The Morgan fingerprint density at radius 1 is 1.35 bits per heavy atom. The van der Waals surface area contributed by atoms with E-state index >= 15 is 0 Å². The van der Waals surface area contributed by atoms with Gasteiger partial charge in [-0.25, -0.2) is 0 Å². The molecule has 0 spiro atoms. The van der Waals surface area contributed by atoms with Crippen molar-refractivity contribution < 1.29 is 0 Å². The van der Waals surface area contributed by atoms with Crippen LogP contribution >= 0.6 is 0 Å². The van der Waals surface area contributed by atoms with E-state index in [2.05, 4.69) is 52.0 Å². The normalized spacial score (nSPS) is 28.9. The molecule has 2 atom stereocenters. The van der Waals surface area contributed by atoms with E-state index in [-0.39, 0.29) is 0 Å². The van der Waals surface area contributed by atoms with Gasteiger partial charge in [0.05, 0.1) is 0 Å². The maximum absolute atomic E-state index is 3.52. The molecule has 1 fully saturated rings. The van der Waals surface area contributed by atoms with E-state index in [0.717, 1.165) is 5.92 Å². The van der Waals surface area contributed by atoms with Gasteiger partial charge in [0.15, 0.2) is 0 Å². The molecule has 2 nitrogen and oxygen atoms in total. The lowest BCUT2D eigenvalue weighted by atomic mass is 9.72. The van der Waals surface area contributed by atoms with Crippen molar-refractivity contribution in [3.63, 3.8) is 0 Å². The van der Waals surface area contributed by atoms with Crippen molar-refractivity contribution in [2.75, 3.05) is 20.6 Å². The summed E-state index contributed by atoms with van der Waals surface area (Å²) in [5.41, 5.74) is 0.518. The Labute approximate surface area is 108 Å². The minimum absolute atomic E-state index is 0.518. The van der Waals surface area contributed by atoms with Gasteiger partial charge in [0.2, 0.25) is 0 Å². The van der Waals surface area contributed by atoms with Gasteiger partial charge in [-0.3, -0.25) is 0 Å². The molecule has 0 amide bonds. The molecule has 0 aromatic carbocycles. The van der Waals surface area contributed by atoms with Crippen LogP contribution in [-0.4, -0.2) is 37.6 Å². The van der Waals surface area contributed by atoms with E-state index < -0.39 is 0 Å². The highest BCUT2D eigenvalue weighted by Crippen LogP contribution is 2.37. The molecule has 102 valence electrons. The fraction of sp³-hybridized carbons (Fsp3) is 1.00. The molecule has 2 unspecified atom stereocenters. The molecule has 0 bridgehead atoms. The molecule has 0 heterocycles. The lowest BCUT2D eigenvalue weighted by Crippen LogP contribution is -2.53. The molecule has 1 rings (SSSR count). The number of nitrogens with zero attached hydrogens (tertiary/aromatic N) is 1. The van der Waals surface area contributed by atoms with E-state index in [1.54, 1.807) is 0 Å². The van der Waals surface area contributed by atoms with E-state index in [0.29, 0.717) is 17.5 Å². The summed E-state index contributed by atoms with van der Waals surface area (Å²) >= 11 is 0. The molecule has 17 heavy (non-hydrogen) atoms. The van der Waals surface area contributed by atoms with Gasteiger partial charge in [0.1, 0.15) is 0 Å². The van der Waals surface area contributed by atoms with Crippen LogP contribution in [0.2, 0.25) is 0 Å². The van der Waals surface area contributed by atoms with E-state index in [9.17, 15) is 0 Å². The van der Waals surface area contributed by atoms with Gasteiger partial charge in [-0.2, -0.15) is 0 Å². The first-order valence-electron chi connectivity index (χ1n) is 7.23. The quantitative estimate of drug-likeness (QED) is 0.794. The van der Waals surface area contributed by atoms with Gasteiger partial charge >= 0.3 is 0 Å². The second-order valence-electron chi connectivity index (χ2n) is 7.03. The van der Waals surface area contributed by atoms with Crippen molar-refractivity contribution in [3.8, 4) is 0 Å². The molecule has 1 aliphatic rings. The first kappa shape index (κ1) is 15.0. The Hall–Kier alpha value is -0.0800. The summed E-state index contributed by atoms with van der Waals surface area (Å²) in [4.78, 5) is 2.59. The first-order valence-corrected chi connectivity index (χ1v) is 7.23. The maximum atomic E-state index is 3.52. The predicted octanol–water partition coefficient (Wildman–Crippen LogP) is 3.13. The maximum Gasteiger partial charge on any atom is 0.0251 e. The molecule has 1 aliphatic carbocycles.